The highest BCUT2D eigenvalue weighted by Gasteiger charge is 2.18. The molecule has 0 bridgehead atoms. The minimum atomic E-state index is -0.465. The summed E-state index contributed by atoms with van der Waals surface area (Å²) in [6, 6.07) is 4.48. The van der Waals surface area contributed by atoms with E-state index in [0.717, 1.165) is 17.9 Å². The lowest BCUT2D eigenvalue weighted by atomic mass is 10.1. The Morgan fingerprint density at radius 3 is 2.64 bits per heavy atom. The average molecular weight is 366 g/mol. The van der Waals surface area contributed by atoms with Gasteiger partial charge in [0.15, 0.2) is 5.75 Å². The first kappa shape index (κ1) is 20.8. The van der Waals surface area contributed by atoms with Crippen molar-refractivity contribution in [3.63, 3.8) is 0 Å². The van der Waals surface area contributed by atoms with E-state index < -0.39 is 11.5 Å². The number of quaternary nitrogens is 1. The summed E-state index contributed by atoms with van der Waals surface area (Å²) in [4.78, 5) is 14.1. The number of nitrogens with zero attached hydrogens (tertiary/aromatic N) is 2. The number of hydrogen-bond acceptors (Lipinski definition) is 6. The van der Waals surface area contributed by atoms with Crippen molar-refractivity contribution in [1.82, 2.24) is 4.90 Å². The Bertz CT molecular complexity index is 671. The lowest BCUT2D eigenvalue weighted by molar-refractivity contribution is -0.826. The molecule has 0 atom stereocenters. The van der Waals surface area contributed by atoms with Crippen LogP contribution < -0.4 is 5.48 Å². The lowest BCUT2D eigenvalue weighted by Crippen LogP contribution is -2.73. The van der Waals surface area contributed by atoms with Crippen molar-refractivity contribution in [2.45, 2.75) is 20.3 Å². The summed E-state index contributed by atoms with van der Waals surface area (Å²) in [6.45, 7) is 4.98. The molecule has 8 heteroatoms. The zero-order valence-corrected chi connectivity index (χ0v) is 15.2. The fraction of sp³-hybridized carbons (Fsp3) is 0.412. The number of amides is 1. The maximum atomic E-state index is 12.5. The molecule has 0 aliphatic heterocycles. The van der Waals surface area contributed by atoms with E-state index >= 15 is 0 Å². The molecule has 0 unspecified atom stereocenters. The second-order valence-electron chi connectivity index (χ2n) is 5.27. The number of thioether (sulfide) groups is 1. The first-order valence-corrected chi connectivity index (χ1v) is 9.16. The van der Waals surface area contributed by atoms with Crippen LogP contribution in [0.5, 0.6) is 11.5 Å². The predicted octanol–water partition coefficient (Wildman–Crippen LogP) is 1.58. The zero-order chi connectivity index (χ0) is 18.8. The largest absolute Gasteiger partial charge is 0.504 e. The van der Waals surface area contributed by atoms with Crippen molar-refractivity contribution < 1.29 is 25.7 Å². The average Bonchev–Trinajstić information content (AvgIpc) is 2.62. The minimum Gasteiger partial charge on any atom is -0.504 e. The third-order valence-electron chi connectivity index (χ3n) is 3.47. The van der Waals surface area contributed by atoms with Gasteiger partial charge in [0.25, 0.3) is 5.91 Å². The maximum absolute atomic E-state index is 12.5. The molecule has 1 rings (SSSR count). The summed E-state index contributed by atoms with van der Waals surface area (Å²) in [5, 5.41) is 37.6. The van der Waals surface area contributed by atoms with E-state index in [1.807, 2.05) is 13.0 Å². The molecule has 0 radical (unpaired) electrons. The molecule has 5 N–H and O–H groups in total. The Kier molecular flexibility index (Phi) is 8.84. The molecule has 25 heavy (non-hydrogen) atoms. The van der Waals surface area contributed by atoms with Crippen molar-refractivity contribution in [2.75, 3.05) is 24.6 Å². The molecule has 1 amide bonds. The highest BCUT2D eigenvalue weighted by atomic mass is 32.2. The molecular weight excluding hydrogens is 342 g/mol. The van der Waals surface area contributed by atoms with E-state index in [2.05, 4.69) is 6.92 Å². The van der Waals surface area contributed by atoms with Gasteiger partial charge in [0.05, 0.1) is 0 Å². The molecule has 0 aliphatic carbocycles. The van der Waals surface area contributed by atoms with Crippen LogP contribution in [0.4, 0.5) is 5.69 Å². The van der Waals surface area contributed by atoms with Gasteiger partial charge in [0.1, 0.15) is 11.6 Å². The molecule has 7 nitrogen and oxygen atoms in total. The quantitative estimate of drug-likeness (QED) is 0.131. The number of phenols is 2. The Labute approximate surface area is 151 Å². The number of aromatic hydroxyl groups is 2. The van der Waals surface area contributed by atoms with Gasteiger partial charge in [-0.25, -0.2) is 5.21 Å². The second kappa shape index (κ2) is 10.6. The first-order valence-electron chi connectivity index (χ1n) is 8.00. The van der Waals surface area contributed by atoms with Crippen molar-refractivity contribution in [2.24, 2.45) is 0 Å². The van der Waals surface area contributed by atoms with Crippen molar-refractivity contribution in [3.05, 3.63) is 23.3 Å². The third-order valence-corrected chi connectivity index (χ3v) is 4.63. The van der Waals surface area contributed by atoms with Crippen LogP contribution in [0.15, 0.2) is 17.7 Å². The smallest absolute Gasteiger partial charge is 0.264 e. The van der Waals surface area contributed by atoms with E-state index in [1.165, 1.54) is 18.2 Å². The first-order chi connectivity index (χ1) is 12.0. The van der Waals surface area contributed by atoms with Crippen molar-refractivity contribution in [3.8, 4) is 17.6 Å². The van der Waals surface area contributed by atoms with Gasteiger partial charge in [-0.1, -0.05) is 6.92 Å². The number of nitrogens with two attached hydrogens (primary N) is 1. The fourth-order valence-corrected chi connectivity index (χ4v) is 2.99. The van der Waals surface area contributed by atoms with E-state index in [1.54, 1.807) is 16.7 Å². The third kappa shape index (κ3) is 5.98. The Hall–Kier alpha value is -2.21. The molecule has 1 aromatic rings. The topological polar surface area (TPSA) is 121 Å². The number of nitriles is 1. The standard InChI is InChI=1S/C17H23N3O4S/c1-3-6-25-7-5-20(4-2)17(23)13(11-18)8-12-9-14(19-24)16(22)15(21)10-12/h8-10,19,21-22,24H,3-7H2,1-2H3/p+1/b13-8+. The van der Waals surface area contributed by atoms with E-state index in [9.17, 15) is 20.3 Å². The number of hydrogen-bond donors (Lipinski definition) is 4. The number of phenolic OH excluding ortho intramolecular Hbond substituents is 2. The van der Waals surface area contributed by atoms with Crippen LogP contribution >= 0.6 is 11.8 Å². The highest BCUT2D eigenvalue weighted by molar-refractivity contribution is 7.99. The molecule has 1 aromatic carbocycles. The number of carbonyl (C=O) groups is 1. The number of likely N-dealkylation sites (N-methyl/N-ethyl adjacent to an activating group) is 1. The van der Waals surface area contributed by atoms with Crippen LogP contribution in [0.1, 0.15) is 25.8 Å². The molecule has 136 valence electrons. The van der Waals surface area contributed by atoms with Crippen LogP contribution in [0, 0.1) is 11.3 Å². The van der Waals surface area contributed by atoms with Gasteiger partial charge in [-0.3, -0.25) is 4.79 Å². The van der Waals surface area contributed by atoms with E-state index in [4.69, 9.17) is 5.21 Å². The SMILES string of the molecule is CCCSCCN(CC)C(=O)/C(C#N)=C/c1cc(O)c(O)c([NH2+]O)c1. The van der Waals surface area contributed by atoms with Crippen molar-refractivity contribution >= 4 is 29.4 Å². The summed E-state index contributed by atoms with van der Waals surface area (Å²) < 4.78 is 0. The minimum absolute atomic E-state index is 0.000646. The molecule has 0 fully saturated rings. The van der Waals surface area contributed by atoms with Crippen LogP contribution in [0.3, 0.4) is 0 Å². The molecule has 0 saturated carbocycles. The second-order valence-corrected chi connectivity index (χ2v) is 6.50. The summed E-state index contributed by atoms with van der Waals surface area (Å²) in [5.41, 5.74) is 0.899. The Morgan fingerprint density at radius 2 is 2.08 bits per heavy atom. The van der Waals surface area contributed by atoms with Crippen LogP contribution in [-0.4, -0.2) is 50.8 Å². The number of carbonyl (C=O) groups excluding carboxylic acids is 1. The fourth-order valence-electron chi connectivity index (χ4n) is 2.15. The Morgan fingerprint density at radius 1 is 1.36 bits per heavy atom. The summed E-state index contributed by atoms with van der Waals surface area (Å²) in [6.07, 6.45) is 2.40. The van der Waals surface area contributed by atoms with E-state index in [-0.39, 0.29) is 17.2 Å². The van der Waals surface area contributed by atoms with Gasteiger partial charge in [-0.15, -0.1) is 0 Å². The van der Waals surface area contributed by atoms with Gasteiger partial charge in [-0.05, 0) is 36.8 Å². The number of benzene rings is 1. The van der Waals surface area contributed by atoms with E-state index in [0.29, 0.717) is 24.1 Å². The van der Waals surface area contributed by atoms with Crippen LogP contribution in [0.2, 0.25) is 0 Å². The van der Waals surface area contributed by atoms with Crippen LogP contribution in [0.25, 0.3) is 6.08 Å². The summed E-state index contributed by atoms with van der Waals surface area (Å²) >= 11 is 1.76. The molecule has 0 spiro atoms. The van der Waals surface area contributed by atoms with Gasteiger partial charge < -0.3 is 15.1 Å². The molecule has 0 saturated heterocycles. The lowest BCUT2D eigenvalue weighted by Gasteiger charge is -2.20. The van der Waals surface area contributed by atoms with Gasteiger partial charge in [0, 0.05) is 24.9 Å². The number of rotatable bonds is 9. The van der Waals surface area contributed by atoms with Gasteiger partial charge in [-0.2, -0.15) is 22.5 Å². The van der Waals surface area contributed by atoms with Gasteiger partial charge in [0.2, 0.25) is 11.4 Å². The molecule has 0 heterocycles. The highest BCUT2D eigenvalue weighted by Crippen LogP contribution is 2.32. The Balaban J connectivity index is 2.99. The van der Waals surface area contributed by atoms with Gasteiger partial charge >= 0.3 is 0 Å². The molecular formula is C17H24N3O4S+. The molecule has 0 aromatic heterocycles. The predicted molar refractivity (Wildman–Crippen MR) is 96.6 cm³/mol. The maximum Gasteiger partial charge on any atom is 0.264 e. The summed E-state index contributed by atoms with van der Waals surface area (Å²) in [5.74, 6) is 0.536. The summed E-state index contributed by atoms with van der Waals surface area (Å²) in [7, 11) is 0. The van der Waals surface area contributed by atoms with Crippen molar-refractivity contribution in [1.29, 1.82) is 5.26 Å². The normalized spacial score (nSPS) is 11.2. The molecule has 0 aliphatic rings. The van der Waals surface area contributed by atoms with Crippen LogP contribution in [-0.2, 0) is 4.79 Å². The monoisotopic (exact) mass is 366 g/mol. The zero-order valence-electron chi connectivity index (χ0n) is 14.4.